The van der Waals surface area contributed by atoms with E-state index in [-0.39, 0.29) is 5.75 Å². The highest BCUT2D eigenvalue weighted by Gasteiger charge is 2.10. The first-order valence-electron chi connectivity index (χ1n) is 7.88. The number of fused-ring (bicyclic) bond motifs is 2. The number of rotatable bonds is 4. The number of nitrogens with one attached hydrogen (secondary N) is 1. The monoisotopic (exact) mass is 349 g/mol. The molecule has 0 saturated heterocycles. The van der Waals surface area contributed by atoms with E-state index < -0.39 is 0 Å². The smallest absolute Gasteiger partial charge is 0.175 e. The zero-order valence-electron chi connectivity index (χ0n) is 13.5. The van der Waals surface area contributed by atoms with E-state index in [1.165, 1.54) is 11.5 Å². The molecule has 2 aromatic carbocycles. The summed E-state index contributed by atoms with van der Waals surface area (Å²) in [7, 11) is 0. The summed E-state index contributed by atoms with van der Waals surface area (Å²) >= 11 is 1.27. The molecule has 2 heterocycles. The van der Waals surface area contributed by atoms with Crippen LogP contribution in [0.25, 0.3) is 21.8 Å². The van der Waals surface area contributed by atoms with E-state index >= 15 is 0 Å². The first-order valence-corrected chi connectivity index (χ1v) is 8.66. The number of phenols is 1. The van der Waals surface area contributed by atoms with Crippen LogP contribution in [0.5, 0.6) is 5.75 Å². The Labute approximate surface area is 148 Å². The summed E-state index contributed by atoms with van der Waals surface area (Å²) in [6.07, 6.45) is 1.71. The standard InChI is InChI=1S/C18H15N5OS/c1-2-19-14-7-3-5-11-13(8-9-15(24)16(11)14)21-22-18-12-6-4-10-20-17(12)23-25-18/h3-10,19,24H,2H2,1H3. The predicted molar refractivity (Wildman–Crippen MR) is 101 cm³/mol. The van der Waals surface area contributed by atoms with Crippen molar-refractivity contribution in [2.24, 2.45) is 10.2 Å². The lowest BCUT2D eigenvalue weighted by molar-refractivity contribution is 0.482. The number of pyridine rings is 1. The minimum Gasteiger partial charge on any atom is -0.507 e. The van der Waals surface area contributed by atoms with Gasteiger partial charge in [0.15, 0.2) is 10.6 Å². The third-order valence-corrected chi connectivity index (χ3v) is 4.59. The SMILES string of the molecule is CCNc1cccc2c(N=Nc3snc4ncccc34)ccc(O)c12. The van der Waals surface area contributed by atoms with Crippen molar-refractivity contribution in [1.82, 2.24) is 9.36 Å². The molecule has 0 saturated carbocycles. The zero-order chi connectivity index (χ0) is 17.2. The predicted octanol–water partition coefficient (Wildman–Crippen LogP) is 5.40. The van der Waals surface area contributed by atoms with Gasteiger partial charge in [0.05, 0.1) is 11.1 Å². The van der Waals surface area contributed by atoms with Crippen LogP contribution in [0.15, 0.2) is 58.9 Å². The van der Waals surface area contributed by atoms with Crippen LogP contribution in [0.1, 0.15) is 6.92 Å². The summed E-state index contributed by atoms with van der Waals surface area (Å²) in [6, 6.07) is 13.0. The second-order valence-corrected chi connectivity index (χ2v) is 6.18. The van der Waals surface area contributed by atoms with E-state index in [9.17, 15) is 5.11 Å². The van der Waals surface area contributed by atoms with E-state index in [1.54, 1.807) is 18.3 Å². The summed E-state index contributed by atoms with van der Waals surface area (Å²) < 4.78 is 4.27. The van der Waals surface area contributed by atoms with E-state index in [0.29, 0.717) is 16.3 Å². The number of aromatic nitrogens is 2. The minimum absolute atomic E-state index is 0.220. The molecule has 25 heavy (non-hydrogen) atoms. The number of anilines is 1. The highest BCUT2D eigenvalue weighted by Crippen LogP contribution is 2.38. The van der Waals surface area contributed by atoms with E-state index in [1.807, 2.05) is 37.3 Å². The van der Waals surface area contributed by atoms with Gasteiger partial charge in [-0.3, -0.25) is 0 Å². The largest absolute Gasteiger partial charge is 0.507 e. The van der Waals surface area contributed by atoms with E-state index in [4.69, 9.17) is 0 Å². The molecule has 7 heteroatoms. The maximum Gasteiger partial charge on any atom is 0.175 e. The number of aromatic hydroxyl groups is 1. The quantitative estimate of drug-likeness (QED) is 0.483. The molecule has 4 aromatic rings. The fourth-order valence-electron chi connectivity index (χ4n) is 2.74. The lowest BCUT2D eigenvalue weighted by Gasteiger charge is -2.10. The van der Waals surface area contributed by atoms with Gasteiger partial charge in [-0.15, -0.1) is 10.2 Å². The van der Waals surface area contributed by atoms with Crippen molar-refractivity contribution in [2.75, 3.05) is 11.9 Å². The molecule has 0 spiro atoms. The van der Waals surface area contributed by atoms with Crippen LogP contribution >= 0.6 is 11.5 Å². The molecule has 0 radical (unpaired) electrons. The molecular formula is C18H15N5OS. The number of phenolic OH excluding ortho intramolecular Hbond substituents is 1. The molecule has 124 valence electrons. The minimum atomic E-state index is 0.220. The number of azo groups is 1. The van der Waals surface area contributed by atoms with E-state index in [2.05, 4.69) is 24.9 Å². The van der Waals surface area contributed by atoms with Crippen LogP contribution in [0.3, 0.4) is 0 Å². The van der Waals surface area contributed by atoms with Gasteiger partial charge in [-0.1, -0.05) is 12.1 Å². The van der Waals surface area contributed by atoms with Crippen LogP contribution in [0, 0.1) is 0 Å². The summed E-state index contributed by atoms with van der Waals surface area (Å²) in [5.74, 6) is 0.220. The summed E-state index contributed by atoms with van der Waals surface area (Å²) in [5.41, 5.74) is 2.24. The van der Waals surface area contributed by atoms with Crippen molar-refractivity contribution >= 4 is 49.7 Å². The highest BCUT2D eigenvalue weighted by molar-refractivity contribution is 7.11. The number of hydrogen-bond donors (Lipinski definition) is 2. The molecule has 0 amide bonds. The average molecular weight is 349 g/mol. The molecule has 2 N–H and O–H groups in total. The summed E-state index contributed by atoms with van der Waals surface area (Å²) in [6.45, 7) is 2.78. The molecule has 0 bridgehead atoms. The van der Waals surface area contributed by atoms with Gasteiger partial charge >= 0.3 is 0 Å². The third-order valence-electron chi connectivity index (χ3n) is 3.85. The molecule has 4 rings (SSSR count). The Balaban J connectivity index is 1.82. The van der Waals surface area contributed by atoms with Crippen molar-refractivity contribution in [2.45, 2.75) is 6.92 Å². The molecule has 0 aliphatic heterocycles. The molecule has 0 aliphatic carbocycles. The maximum atomic E-state index is 10.3. The van der Waals surface area contributed by atoms with Gasteiger partial charge in [0.2, 0.25) is 0 Å². The third kappa shape index (κ3) is 2.78. The van der Waals surface area contributed by atoms with Crippen molar-refractivity contribution in [3.05, 3.63) is 48.7 Å². The Morgan fingerprint density at radius 2 is 1.96 bits per heavy atom. The number of hydrogen-bond acceptors (Lipinski definition) is 7. The second-order valence-electron chi connectivity index (χ2n) is 5.42. The zero-order valence-corrected chi connectivity index (χ0v) is 14.3. The second kappa shape index (κ2) is 6.45. The van der Waals surface area contributed by atoms with Gasteiger partial charge in [-0.25, -0.2) is 4.98 Å². The Morgan fingerprint density at radius 3 is 2.84 bits per heavy atom. The lowest BCUT2D eigenvalue weighted by Crippen LogP contribution is -1.97. The van der Waals surface area contributed by atoms with Crippen LogP contribution in [0.2, 0.25) is 0 Å². The maximum absolute atomic E-state index is 10.3. The lowest BCUT2D eigenvalue weighted by atomic mass is 10.1. The summed E-state index contributed by atoms with van der Waals surface area (Å²) in [4.78, 5) is 4.21. The van der Waals surface area contributed by atoms with Crippen LogP contribution in [-0.2, 0) is 0 Å². The molecule has 6 nitrogen and oxygen atoms in total. The van der Waals surface area contributed by atoms with Gasteiger partial charge in [0.25, 0.3) is 0 Å². The Morgan fingerprint density at radius 1 is 1.08 bits per heavy atom. The van der Waals surface area contributed by atoms with Gasteiger partial charge in [-0.2, -0.15) is 4.37 Å². The summed E-state index contributed by atoms with van der Waals surface area (Å²) in [5, 5.41) is 25.5. The highest BCUT2D eigenvalue weighted by atomic mass is 32.1. The Hall–Kier alpha value is -3.06. The van der Waals surface area contributed by atoms with Gasteiger partial charge < -0.3 is 10.4 Å². The topological polar surface area (TPSA) is 82.8 Å². The first kappa shape index (κ1) is 15.5. The van der Waals surface area contributed by atoms with Crippen LogP contribution in [-0.4, -0.2) is 21.0 Å². The van der Waals surface area contributed by atoms with Crippen molar-refractivity contribution < 1.29 is 5.11 Å². The Kier molecular flexibility index (Phi) is 3.99. The average Bonchev–Trinajstić information content (AvgIpc) is 3.05. The van der Waals surface area contributed by atoms with Crippen LogP contribution < -0.4 is 5.32 Å². The fraction of sp³-hybridized carbons (Fsp3) is 0.111. The Bertz CT molecular complexity index is 1090. The van der Waals surface area contributed by atoms with Gasteiger partial charge in [0, 0.05) is 29.2 Å². The normalized spacial score (nSPS) is 11.6. The van der Waals surface area contributed by atoms with E-state index in [0.717, 1.165) is 28.4 Å². The van der Waals surface area contributed by atoms with Crippen molar-refractivity contribution in [3.63, 3.8) is 0 Å². The van der Waals surface area contributed by atoms with Gasteiger partial charge in [-0.05, 0) is 48.8 Å². The molecule has 0 aliphatic rings. The van der Waals surface area contributed by atoms with Gasteiger partial charge in [0.1, 0.15) is 5.75 Å². The number of nitrogens with zero attached hydrogens (tertiary/aromatic N) is 4. The molecule has 0 atom stereocenters. The van der Waals surface area contributed by atoms with Crippen LogP contribution in [0.4, 0.5) is 16.4 Å². The number of benzene rings is 2. The molecule has 0 fully saturated rings. The first-order chi connectivity index (χ1) is 12.3. The van der Waals surface area contributed by atoms with Crippen molar-refractivity contribution in [3.8, 4) is 5.75 Å². The molecule has 0 unspecified atom stereocenters. The van der Waals surface area contributed by atoms with Crippen molar-refractivity contribution in [1.29, 1.82) is 0 Å². The molecule has 2 aromatic heterocycles. The fourth-order valence-corrected chi connectivity index (χ4v) is 3.39. The molecular weight excluding hydrogens is 334 g/mol.